The van der Waals surface area contributed by atoms with Crippen LogP contribution in [-0.2, 0) is 0 Å². The van der Waals surface area contributed by atoms with Crippen LogP contribution in [0.15, 0.2) is 11.6 Å². The number of rotatable bonds is 3. The van der Waals surface area contributed by atoms with Gasteiger partial charge in [0.2, 0.25) is 0 Å². The van der Waals surface area contributed by atoms with Crippen molar-refractivity contribution >= 4 is 0 Å². The van der Waals surface area contributed by atoms with Gasteiger partial charge < -0.3 is 5.11 Å². The van der Waals surface area contributed by atoms with Crippen molar-refractivity contribution < 1.29 is 5.11 Å². The lowest BCUT2D eigenvalue weighted by molar-refractivity contribution is 0.331. The van der Waals surface area contributed by atoms with Crippen LogP contribution in [0, 0.1) is 5.92 Å². The van der Waals surface area contributed by atoms with Gasteiger partial charge >= 0.3 is 0 Å². The monoisotopic (exact) mass is 126 g/mol. The third kappa shape index (κ3) is 2.66. The molecule has 0 aliphatic heterocycles. The summed E-state index contributed by atoms with van der Waals surface area (Å²) in [6.45, 7) is 2.20. The number of aliphatic hydroxyl groups excluding tert-OH is 1. The predicted octanol–water partition coefficient (Wildman–Crippen LogP) is 1.73. The molecule has 0 amide bonds. The van der Waals surface area contributed by atoms with E-state index >= 15 is 0 Å². The molecule has 0 bridgehead atoms. The first-order valence-electron chi connectivity index (χ1n) is 3.59. The van der Waals surface area contributed by atoms with Gasteiger partial charge in [-0.25, -0.2) is 0 Å². The summed E-state index contributed by atoms with van der Waals surface area (Å²) in [6.07, 6.45) is 6.13. The van der Waals surface area contributed by atoms with Crippen molar-refractivity contribution in [2.24, 2.45) is 5.92 Å². The quantitative estimate of drug-likeness (QED) is 0.571. The second-order valence-corrected chi connectivity index (χ2v) is 2.89. The van der Waals surface area contributed by atoms with Crippen molar-refractivity contribution in [3.8, 4) is 0 Å². The molecule has 1 aliphatic carbocycles. The highest BCUT2D eigenvalue weighted by Gasteiger charge is 2.18. The lowest BCUT2D eigenvalue weighted by atomic mass is 10.2. The van der Waals surface area contributed by atoms with Crippen molar-refractivity contribution in [1.29, 1.82) is 0 Å². The molecule has 1 aliphatic rings. The lowest BCUT2D eigenvalue weighted by Gasteiger charge is -1.92. The average Bonchev–Trinajstić information content (AvgIpc) is 2.65. The van der Waals surface area contributed by atoms with Gasteiger partial charge in [0.25, 0.3) is 0 Å². The van der Waals surface area contributed by atoms with Crippen LogP contribution in [0.25, 0.3) is 0 Å². The minimum Gasteiger partial charge on any atom is -0.392 e. The van der Waals surface area contributed by atoms with Crippen LogP contribution in [0.3, 0.4) is 0 Å². The van der Waals surface area contributed by atoms with Gasteiger partial charge in [0.1, 0.15) is 0 Å². The van der Waals surface area contributed by atoms with Crippen molar-refractivity contribution in [1.82, 2.24) is 0 Å². The molecule has 1 nitrogen and oxygen atoms in total. The number of hydrogen-bond donors (Lipinski definition) is 1. The van der Waals surface area contributed by atoms with Crippen LogP contribution in [0.5, 0.6) is 0 Å². The van der Waals surface area contributed by atoms with E-state index in [-0.39, 0.29) is 6.61 Å². The third-order valence-electron chi connectivity index (χ3n) is 1.75. The second kappa shape index (κ2) is 3.02. The fourth-order valence-corrected chi connectivity index (χ4v) is 0.786. The van der Waals surface area contributed by atoms with Gasteiger partial charge in [-0.05, 0) is 32.1 Å². The number of hydrogen-bond acceptors (Lipinski definition) is 1. The first kappa shape index (κ1) is 6.81. The summed E-state index contributed by atoms with van der Waals surface area (Å²) in [5.41, 5.74) is 1.11. The zero-order valence-corrected chi connectivity index (χ0v) is 5.93. The molecule has 1 saturated carbocycles. The summed E-state index contributed by atoms with van der Waals surface area (Å²) >= 11 is 0. The molecule has 0 aromatic heterocycles. The van der Waals surface area contributed by atoms with Gasteiger partial charge in [-0.15, -0.1) is 0 Å². The molecule has 1 fully saturated rings. The molecule has 0 heterocycles. The molecule has 0 saturated heterocycles. The van der Waals surface area contributed by atoms with Gasteiger partial charge in [0.05, 0.1) is 6.61 Å². The molecular formula is C8H14O. The third-order valence-corrected chi connectivity index (χ3v) is 1.75. The van der Waals surface area contributed by atoms with E-state index in [1.165, 1.54) is 19.3 Å². The van der Waals surface area contributed by atoms with Crippen LogP contribution in [-0.4, -0.2) is 11.7 Å². The molecule has 1 rings (SSSR count). The Balaban J connectivity index is 2.12. The van der Waals surface area contributed by atoms with Gasteiger partial charge in [-0.1, -0.05) is 11.6 Å². The summed E-state index contributed by atoms with van der Waals surface area (Å²) in [4.78, 5) is 0. The van der Waals surface area contributed by atoms with Crippen LogP contribution in [0.1, 0.15) is 26.2 Å². The molecule has 0 atom stereocenters. The van der Waals surface area contributed by atoms with Crippen molar-refractivity contribution in [2.45, 2.75) is 26.2 Å². The van der Waals surface area contributed by atoms with Crippen molar-refractivity contribution in [2.75, 3.05) is 6.61 Å². The number of allylic oxidation sites excluding steroid dienone is 1. The van der Waals surface area contributed by atoms with Crippen LogP contribution < -0.4 is 0 Å². The Kier molecular flexibility index (Phi) is 2.29. The SMILES string of the molecule is C/C(=C\CC1CC1)CO. The summed E-state index contributed by atoms with van der Waals surface area (Å²) in [7, 11) is 0. The predicted molar refractivity (Wildman–Crippen MR) is 38.2 cm³/mol. The first-order chi connectivity index (χ1) is 4.33. The minimum absolute atomic E-state index is 0.229. The van der Waals surface area contributed by atoms with E-state index in [1.807, 2.05) is 6.92 Å². The highest BCUT2D eigenvalue weighted by atomic mass is 16.3. The maximum Gasteiger partial charge on any atom is 0.0639 e. The van der Waals surface area contributed by atoms with Gasteiger partial charge in [-0.3, -0.25) is 0 Å². The molecule has 0 aromatic carbocycles. The normalized spacial score (nSPS) is 20.4. The molecule has 0 spiro atoms. The van der Waals surface area contributed by atoms with Gasteiger partial charge in [0.15, 0.2) is 0 Å². The zero-order valence-electron chi connectivity index (χ0n) is 5.93. The van der Waals surface area contributed by atoms with E-state index in [9.17, 15) is 0 Å². The molecule has 0 radical (unpaired) electrons. The van der Waals surface area contributed by atoms with Crippen molar-refractivity contribution in [3.63, 3.8) is 0 Å². The fraction of sp³-hybridized carbons (Fsp3) is 0.750. The van der Waals surface area contributed by atoms with E-state index in [2.05, 4.69) is 6.08 Å². The summed E-state index contributed by atoms with van der Waals surface area (Å²) < 4.78 is 0. The summed E-state index contributed by atoms with van der Waals surface area (Å²) in [5, 5.41) is 8.60. The minimum atomic E-state index is 0.229. The molecule has 9 heavy (non-hydrogen) atoms. The highest BCUT2D eigenvalue weighted by Crippen LogP contribution is 2.32. The molecule has 52 valence electrons. The first-order valence-corrected chi connectivity index (χ1v) is 3.59. The van der Waals surface area contributed by atoms with E-state index < -0.39 is 0 Å². The molecule has 1 N–H and O–H groups in total. The topological polar surface area (TPSA) is 20.2 Å². The van der Waals surface area contributed by atoms with Crippen molar-refractivity contribution in [3.05, 3.63) is 11.6 Å². The second-order valence-electron chi connectivity index (χ2n) is 2.89. The van der Waals surface area contributed by atoms with E-state index in [1.54, 1.807) is 0 Å². The Bertz CT molecular complexity index is 112. The Morgan fingerprint density at radius 1 is 1.67 bits per heavy atom. The molecule has 1 heteroatoms. The van der Waals surface area contributed by atoms with Crippen LogP contribution >= 0.6 is 0 Å². The Morgan fingerprint density at radius 2 is 2.33 bits per heavy atom. The maximum atomic E-state index is 8.60. The fourth-order valence-electron chi connectivity index (χ4n) is 0.786. The Labute approximate surface area is 56.4 Å². The summed E-state index contributed by atoms with van der Waals surface area (Å²) in [6, 6.07) is 0. The molecule has 0 aromatic rings. The molecule has 0 unspecified atom stereocenters. The standard InChI is InChI=1S/C8H14O/c1-7(6-9)2-3-8-4-5-8/h2,8-9H,3-6H2,1H3/b7-2+. The van der Waals surface area contributed by atoms with E-state index in [4.69, 9.17) is 5.11 Å². The van der Waals surface area contributed by atoms with Crippen LogP contribution in [0.4, 0.5) is 0 Å². The maximum absolute atomic E-state index is 8.60. The average molecular weight is 126 g/mol. The molecular weight excluding hydrogens is 112 g/mol. The van der Waals surface area contributed by atoms with Crippen LogP contribution in [0.2, 0.25) is 0 Å². The smallest absolute Gasteiger partial charge is 0.0639 e. The Hall–Kier alpha value is -0.300. The van der Waals surface area contributed by atoms with Gasteiger partial charge in [0, 0.05) is 0 Å². The largest absolute Gasteiger partial charge is 0.392 e. The van der Waals surface area contributed by atoms with Gasteiger partial charge in [-0.2, -0.15) is 0 Å². The zero-order chi connectivity index (χ0) is 6.69. The van der Waals surface area contributed by atoms with E-state index in [0.717, 1.165) is 11.5 Å². The lowest BCUT2D eigenvalue weighted by Crippen LogP contribution is -1.83. The Morgan fingerprint density at radius 3 is 2.78 bits per heavy atom. The highest BCUT2D eigenvalue weighted by molar-refractivity contribution is 4.99. The summed E-state index contributed by atoms with van der Waals surface area (Å²) in [5.74, 6) is 0.950. The number of aliphatic hydroxyl groups is 1. The van der Waals surface area contributed by atoms with E-state index in [0.29, 0.717) is 0 Å².